The minimum absolute atomic E-state index is 0.199. The fraction of sp³-hybridized carbons (Fsp3) is 0.125. The molecule has 3 rings (SSSR count). The lowest BCUT2D eigenvalue weighted by Crippen LogP contribution is -2.20. The summed E-state index contributed by atoms with van der Waals surface area (Å²) in [4.78, 5) is 12.1. The van der Waals surface area contributed by atoms with E-state index in [1.54, 1.807) is 48.1 Å². The van der Waals surface area contributed by atoms with Crippen LogP contribution < -0.4 is 10.1 Å². The van der Waals surface area contributed by atoms with E-state index in [-0.39, 0.29) is 12.5 Å². The van der Waals surface area contributed by atoms with Crippen molar-refractivity contribution in [2.75, 3.05) is 11.9 Å². The largest absolute Gasteiger partial charge is 0.482 e. The van der Waals surface area contributed by atoms with Gasteiger partial charge in [-0.1, -0.05) is 35.3 Å². The number of benzene rings is 2. The van der Waals surface area contributed by atoms with Gasteiger partial charge < -0.3 is 10.1 Å². The van der Waals surface area contributed by atoms with Crippen molar-refractivity contribution in [3.8, 4) is 17.1 Å². The van der Waals surface area contributed by atoms with Crippen LogP contribution in [0, 0.1) is 0 Å². The summed E-state index contributed by atoms with van der Waals surface area (Å²) >= 11 is 11.9. The van der Waals surface area contributed by atoms with Gasteiger partial charge in [0, 0.05) is 29.4 Å². The Kier molecular flexibility index (Phi) is 5.16. The van der Waals surface area contributed by atoms with Gasteiger partial charge in [-0.25, -0.2) is 4.68 Å². The molecule has 128 valence electrons. The summed E-state index contributed by atoms with van der Waals surface area (Å²) < 4.78 is 6.96. The average molecular weight is 378 g/mol. The summed E-state index contributed by atoms with van der Waals surface area (Å²) in [5.74, 6) is 0.616. The lowest BCUT2D eigenvalue weighted by atomic mass is 10.2. The van der Waals surface area contributed by atoms with Crippen LogP contribution in [0.3, 0.4) is 0 Å². The Morgan fingerprint density at radius 2 is 2.08 bits per heavy atom. The molecule has 1 N–H and O–H groups in total. The molecule has 1 heterocycles. The highest BCUT2D eigenvalue weighted by atomic mass is 35.5. The topological polar surface area (TPSA) is 81.9 Å². The number of carbonyl (C=O) groups is 1. The summed E-state index contributed by atoms with van der Waals surface area (Å²) in [6.07, 6.45) is 0. The molecule has 9 heteroatoms. The van der Waals surface area contributed by atoms with E-state index in [4.69, 9.17) is 27.9 Å². The second kappa shape index (κ2) is 7.50. The van der Waals surface area contributed by atoms with E-state index in [0.717, 1.165) is 5.56 Å². The van der Waals surface area contributed by atoms with E-state index in [0.29, 0.717) is 27.3 Å². The molecule has 3 aromatic rings. The molecule has 0 aliphatic rings. The third-order valence-electron chi connectivity index (χ3n) is 3.28. The highest BCUT2D eigenvalue weighted by Crippen LogP contribution is 2.27. The molecular formula is C16H13Cl2N5O2. The molecule has 0 aliphatic carbocycles. The number of aryl methyl sites for hydroxylation is 1. The molecule has 0 radical (unpaired) electrons. The first-order chi connectivity index (χ1) is 12.0. The van der Waals surface area contributed by atoms with Crippen LogP contribution in [-0.4, -0.2) is 32.7 Å². The number of hydrogen-bond acceptors (Lipinski definition) is 5. The maximum absolute atomic E-state index is 12.1. The van der Waals surface area contributed by atoms with Gasteiger partial charge in [0.05, 0.1) is 5.02 Å². The van der Waals surface area contributed by atoms with Gasteiger partial charge in [0.15, 0.2) is 12.4 Å². The van der Waals surface area contributed by atoms with Gasteiger partial charge in [-0.05, 0) is 34.7 Å². The number of tetrazole rings is 1. The summed E-state index contributed by atoms with van der Waals surface area (Å²) in [7, 11) is 1.74. The summed E-state index contributed by atoms with van der Waals surface area (Å²) in [5.41, 5.74) is 1.38. The van der Waals surface area contributed by atoms with E-state index in [2.05, 4.69) is 20.8 Å². The first-order valence-corrected chi connectivity index (χ1v) is 7.99. The summed E-state index contributed by atoms with van der Waals surface area (Å²) in [6.45, 7) is -0.199. The molecular weight excluding hydrogens is 365 g/mol. The molecule has 0 spiro atoms. The zero-order valence-electron chi connectivity index (χ0n) is 13.1. The van der Waals surface area contributed by atoms with E-state index in [1.807, 2.05) is 6.07 Å². The minimum atomic E-state index is -0.329. The smallest absolute Gasteiger partial charge is 0.262 e. The molecule has 25 heavy (non-hydrogen) atoms. The van der Waals surface area contributed by atoms with Gasteiger partial charge in [-0.15, -0.1) is 5.10 Å². The fourth-order valence-corrected chi connectivity index (χ4v) is 2.47. The summed E-state index contributed by atoms with van der Waals surface area (Å²) in [5, 5.41) is 14.9. The molecule has 0 atom stereocenters. The minimum Gasteiger partial charge on any atom is -0.482 e. The molecule has 2 aromatic carbocycles. The molecule has 1 amide bonds. The van der Waals surface area contributed by atoms with Crippen LogP contribution in [0.15, 0.2) is 42.5 Å². The number of halogens is 2. The van der Waals surface area contributed by atoms with Crippen LogP contribution in [0.1, 0.15) is 0 Å². The van der Waals surface area contributed by atoms with Gasteiger partial charge in [-0.3, -0.25) is 4.79 Å². The molecule has 0 unspecified atom stereocenters. The zero-order valence-corrected chi connectivity index (χ0v) is 14.6. The average Bonchev–Trinajstić information content (AvgIpc) is 3.02. The van der Waals surface area contributed by atoms with Crippen LogP contribution in [0.4, 0.5) is 5.69 Å². The van der Waals surface area contributed by atoms with Crippen LogP contribution in [-0.2, 0) is 11.8 Å². The molecule has 1 aromatic heterocycles. The van der Waals surface area contributed by atoms with E-state index in [9.17, 15) is 4.79 Å². The Balaban J connectivity index is 1.65. The number of aromatic nitrogens is 4. The highest BCUT2D eigenvalue weighted by Gasteiger charge is 2.10. The lowest BCUT2D eigenvalue weighted by Gasteiger charge is -2.10. The molecule has 0 saturated heterocycles. The van der Waals surface area contributed by atoms with Crippen molar-refractivity contribution in [3.63, 3.8) is 0 Å². The van der Waals surface area contributed by atoms with Crippen molar-refractivity contribution in [1.29, 1.82) is 0 Å². The van der Waals surface area contributed by atoms with Gasteiger partial charge in [0.25, 0.3) is 5.91 Å². The number of hydrogen-bond donors (Lipinski definition) is 1. The maximum atomic E-state index is 12.1. The Bertz CT molecular complexity index is 913. The van der Waals surface area contributed by atoms with Gasteiger partial charge >= 0.3 is 0 Å². The quantitative estimate of drug-likeness (QED) is 0.737. The second-order valence-electron chi connectivity index (χ2n) is 5.12. The lowest BCUT2D eigenvalue weighted by molar-refractivity contribution is -0.118. The number of rotatable bonds is 5. The monoisotopic (exact) mass is 377 g/mol. The van der Waals surface area contributed by atoms with Gasteiger partial charge in [0.1, 0.15) is 5.75 Å². The van der Waals surface area contributed by atoms with E-state index in [1.165, 1.54) is 0 Å². The Morgan fingerprint density at radius 3 is 2.84 bits per heavy atom. The molecule has 7 nitrogen and oxygen atoms in total. The van der Waals surface area contributed by atoms with Crippen LogP contribution in [0.25, 0.3) is 11.4 Å². The Hall–Kier alpha value is -2.64. The number of nitrogens with zero attached hydrogens (tertiary/aromatic N) is 4. The van der Waals surface area contributed by atoms with E-state index >= 15 is 0 Å². The predicted molar refractivity (Wildman–Crippen MR) is 94.8 cm³/mol. The normalized spacial score (nSPS) is 10.5. The maximum Gasteiger partial charge on any atom is 0.262 e. The molecule has 0 bridgehead atoms. The van der Waals surface area contributed by atoms with Crippen molar-refractivity contribution < 1.29 is 9.53 Å². The van der Waals surface area contributed by atoms with Crippen molar-refractivity contribution in [2.45, 2.75) is 0 Å². The third-order valence-corrected chi connectivity index (χ3v) is 3.82. The van der Waals surface area contributed by atoms with Gasteiger partial charge in [0.2, 0.25) is 0 Å². The Labute approximate surface area is 153 Å². The number of amides is 1. The van der Waals surface area contributed by atoms with Crippen LogP contribution in [0.5, 0.6) is 5.75 Å². The van der Waals surface area contributed by atoms with Crippen molar-refractivity contribution in [1.82, 2.24) is 20.2 Å². The molecule has 0 fully saturated rings. The Morgan fingerprint density at radius 1 is 1.24 bits per heavy atom. The zero-order chi connectivity index (χ0) is 17.8. The molecule has 0 aliphatic heterocycles. The fourth-order valence-electron chi connectivity index (χ4n) is 2.14. The number of anilines is 1. The van der Waals surface area contributed by atoms with Crippen LogP contribution >= 0.6 is 23.2 Å². The van der Waals surface area contributed by atoms with Gasteiger partial charge in [-0.2, -0.15) is 0 Å². The first-order valence-electron chi connectivity index (χ1n) is 7.23. The number of nitrogens with one attached hydrogen (secondary N) is 1. The standard InChI is InChI=1S/C16H13Cl2N5O2/c1-23-16(20-21-22-23)10-3-2-4-12(7-10)19-15(24)9-25-14-8-11(17)5-6-13(14)18/h2-8H,9H2,1H3,(H,19,24). The molecule has 0 saturated carbocycles. The van der Waals surface area contributed by atoms with Crippen molar-refractivity contribution >= 4 is 34.8 Å². The SMILES string of the molecule is Cn1nnnc1-c1cccc(NC(=O)COc2cc(Cl)ccc2Cl)c1. The predicted octanol–water partition coefficient (Wildman–Crippen LogP) is 3.20. The number of carbonyl (C=O) groups excluding carboxylic acids is 1. The second-order valence-corrected chi connectivity index (χ2v) is 5.96. The third kappa shape index (κ3) is 4.26. The first kappa shape index (κ1) is 17.2. The van der Waals surface area contributed by atoms with Crippen molar-refractivity contribution in [2.24, 2.45) is 7.05 Å². The highest BCUT2D eigenvalue weighted by molar-refractivity contribution is 6.34. The summed E-state index contributed by atoms with van der Waals surface area (Å²) in [6, 6.07) is 12.0. The van der Waals surface area contributed by atoms with Crippen LogP contribution in [0.2, 0.25) is 10.0 Å². The number of ether oxygens (including phenoxy) is 1. The van der Waals surface area contributed by atoms with E-state index < -0.39 is 0 Å². The van der Waals surface area contributed by atoms with Crippen molar-refractivity contribution in [3.05, 3.63) is 52.5 Å².